The SMILES string of the molecule is Cl.Oc1c2c(C3CCCCN3)cccc2c2ncccn12. The van der Waals surface area contributed by atoms with Crippen molar-refractivity contribution in [3.05, 3.63) is 42.2 Å². The number of rotatable bonds is 1. The van der Waals surface area contributed by atoms with E-state index in [-0.39, 0.29) is 12.4 Å². The molecule has 0 radical (unpaired) electrons. The fraction of sp³-hybridized carbons (Fsp3) is 0.312. The van der Waals surface area contributed by atoms with Crippen LogP contribution in [0.5, 0.6) is 5.88 Å². The molecule has 5 heteroatoms. The molecule has 0 amide bonds. The highest BCUT2D eigenvalue weighted by Gasteiger charge is 2.21. The Morgan fingerprint density at radius 2 is 2.14 bits per heavy atom. The average molecular weight is 304 g/mol. The number of hydrogen-bond donors (Lipinski definition) is 2. The van der Waals surface area contributed by atoms with Crippen LogP contribution >= 0.6 is 12.4 Å². The van der Waals surface area contributed by atoms with Gasteiger partial charge in [0.1, 0.15) is 5.65 Å². The number of aromatic hydroxyl groups is 1. The Hall–Kier alpha value is -1.78. The molecule has 0 spiro atoms. The second kappa shape index (κ2) is 5.54. The van der Waals surface area contributed by atoms with Crippen LogP contribution < -0.4 is 5.32 Å². The van der Waals surface area contributed by atoms with Crippen LogP contribution in [0.1, 0.15) is 30.9 Å². The molecule has 3 aromatic rings. The van der Waals surface area contributed by atoms with Gasteiger partial charge in [0.2, 0.25) is 5.88 Å². The summed E-state index contributed by atoms with van der Waals surface area (Å²) in [6, 6.07) is 8.37. The van der Waals surface area contributed by atoms with Crippen molar-refractivity contribution in [2.75, 3.05) is 6.54 Å². The molecule has 21 heavy (non-hydrogen) atoms. The zero-order chi connectivity index (χ0) is 13.5. The number of hydrogen-bond acceptors (Lipinski definition) is 3. The van der Waals surface area contributed by atoms with Gasteiger partial charge in [-0.15, -0.1) is 12.4 Å². The van der Waals surface area contributed by atoms with E-state index < -0.39 is 0 Å². The second-order valence-electron chi connectivity index (χ2n) is 5.41. The van der Waals surface area contributed by atoms with Crippen molar-refractivity contribution in [3.63, 3.8) is 0 Å². The van der Waals surface area contributed by atoms with Crippen LogP contribution in [0.25, 0.3) is 16.4 Å². The maximum absolute atomic E-state index is 10.6. The maximum atomic E-state index is 10.6. The van der Waals surface area contributed by atoms with Gasteiger partial charge in [-0.1, -0.05) is 24.6 Å². The zero-order valence-electron chi connectivity index (χ0n) is 11.6. The normalized spacial score (nSPS) is 18.8. The molecule has 1 aliphatic heterocycles. The lowest BCUT2D eigenvalue weighted by atomic mass is 9.94. The first-order valence-electron chi connectivity index (χ1n) is 7.16. The Balaban J connectivity index is 0.00000132. The van der Waals surface area contributed by atoms with Crippen molar-refractivity contribution in [2.24, 2.45) is 0 Å². The number of halogens is 1. The minimum Gasteiger partial charge on any atom is -0.494 e. The first-order chi connectivity index (χ1) is 9.86. The minimum absolute atomic E-state index is 0. The third-order valence-electron chi connectivity index (χ3n) is 4.22. The summed E-state index contributed by atoms with van der Waals surface area (Å²) in [5, 5.41) is 16.1. The molecule has 4 nitrogen and oxygen atoms in total. The van der Waals surface area contributed by atoms with Gasteiger partial charge >= 0.3 is 0 Å². The summed E-state index contributed by atoms with van der Waals surface area (Å²) in [5.41, 5.74) is 2.00. The molecule has 1 atom stereocenters. The van der Waals surface area contributed by atoms with Gasteiger partial charge in [0.25, 0.3) is 0 Å². The molecule has 110 valence electrons. The first kappa shape index (κ1) is 14.2. The lowest BCUT2D eigenvalue weighted by molar-refractivity contribution is 0.412. The number of aromatic nitrogens is 2. The maximum Gasteiger partial charge on any atom is 0.205 e. The largest absolute Gasteiger partial charge is 0.494 e. The highest BCUT2D eigenvalue weighted by atomic mass is 35.5. The smallest absolute Gasteiger partial charge is 0.205 e. The van der Waals surface area contributed by atoms with E-state index in [2.05, 4.69) is 22.4 Å². The number of nitrogens with one attached hydrogen (secondary N) is 1. The van der Waals surface area contributed by atoms with Crippen molar-refractivity contribution in [2.45, 2.75) is 25.3 Å². The Morgan fingerprint density at radius 3 is 2.95 bits per heavy atom. The summed E-state index contributed by atoms with van der Waals surface area (Å²) in [4.78, 5) is 4.40. The first-order valence-corrected chi connectivity index (χ1v) is 7.16. The predicted molar refractivity (Wildman–Crippen MR) is 86.2 cm³/mol. The van der Waals surface area contributed by atoms with Crippen molar-refractivity contribution in [3.8, 4) is 5.88 Å². The van der Waals surface area contributed by atoms with Gasteiger partial charge in [-0.3, -0.25) is 4.40 Å². The molecule has 0 saturated carbocycles. The Morgan fingerprint density at radius 1 is 1.24 bits per heavy atom. The predicted octanol–water partition coefficient (Wildman–Crippen LogP) is 3.43. The third-order valence-corrected chi connectivity index (χ3v) is 4.22. The monoisotopic (exact) mass is 303 g/mol. The highest BCUT2D eigenvalue weighted by Crippen LogP contribution is 2.37. The molecule has 1 aromatic carbocycles. The fourth-order valence-electron chi connectivity index (χ4n) is 3.28. The van der Waals surface area contributed by atoms with Crippen LogP contribution in [-0.2, 0) is 0 Å². The summed E-state index contributed by atoms with van der Waals surface area (Å²) in [5.74, 6) is 0.297. The van der Waals surface area contributed by atoms with E-state index in [0.29, 0.717) is 11.9 Å². The summed E-state index contributed by atoms with van der Waals surface area (Å²) in [6.07, 6.45) is 7.21. The van der Waals surface area contributed by atoms with E-state index in [9.17, 15) is 5.11 Å². The number of benzene rings is 1. The second-order valence-corrected chi connectivity index (χ2v) is 5.41. The van der Waals surface area contributed by atoms with E-state index in [1.165, 1.54) is 18.4 Å². The summed E-state index contributed by atoms with van der Waals surface area (Å²) in [7, 11) is 0. The lowest BCUT2D eigenvalue weighted by Gasteiger charge is -2.24. The quantitative estimate of drug-likeness (QED) is 0.724. The molecule has 3 heterocycles. The van der Waals surface area contributed by atoms with Gasteiger partial charge in [0.05, 0.1) is 5.39 Å². The van der Waals surface area contributed by atoms with E-state index in [1.807, 2.05) is 18.3 Å². The van der Waals surface area contributed by atoms with Gasteiger partial charge in [-0.2, -0.15) is 0 Å². The van der Waals surface area contributed by atoms with Gasteiger partial charge in [0.15, 0.2) is 0 Å². The Kier molecular flexibility index (Phi) is 3.74. The van der Waals surface area contributed by atoms with E-state index in [4.69, 9.17) is 0 Å². The molecular weight excluding hydrogens is 286 g/mol. The Bertz CT molecular complexity index is 778. The van der Waals surface area contributed by atoms with Crippen molar-refractivity contribution < 1.29 is 5.11 Å². The van der Waals surface area contributed by atoms with Gasteiger partial charge in [-0.05, 0) is 31.0 Å². The summed E-state index contributed by atoms with van der Waals surface area (Å²) in [6.45, 7) is 1.05. The van der Waals surface area contributed by atoms with Crippen LogP contribution in [0.3, 0.4) is 0 Å². The highest BCUT2D eigenvalue weighted by molar-refractivity contribution is 6.01. The molecule has 1 aliphatic rings. The molecule has 0 bridgehead atoms. The molecule has 2 aromatic heterocycles. The van der Waals surface area contributed by atoms with Gasteiger partial charge in [-0.25, -0.2) is 4.98 Å². The molecule has 4 rings (SSSR count). The van der Waals surface area contributed by atoms with E-state index >= 15 is 0 Å². The number of fused-ring (bicyclic) bond motifs is 3. The lowest BCUT2D eigenvalue weighted by Crippen LogP contribution is -2.26. The topological polar surface area (TPSA) is 49.6 Å². The Labute approximate surface area is 129 Å². The van der Waals surface area contributed by atoms with Gasteiger partial charge < -0.3 is 10.4 Å². The van der Waals surface area contributed by atoms with Crippen molar-refractivity contribution in [1.29, 1.82) is 0 Å². The standard InChI is InChI=1S/C16H17N3O.ClH/c20-16-14-11(13-7-1-2-8-17-13)5-3-6-12(14)15-18-9-4-10-19(15)16;/h3-6,9-10,13,17,20H,1-2,7-8H2;1H. The summed E-state index contributed by atoms with van der Waals surface area (Å²) < 4.78 is 1.76. The van der Waals surface area contributed by atoms with Gasteiger partial charge in [0, 0.05) is 23.8 Å². The summed E-state index contributed by atoms with van der Waals surface area (Å²) >= 11 is 0. The van der Waals surface area contributed by atoms with Crippen molar-refractivity contribution in [1.82, 2.24) is 14.7 Å². The van der Waals surface area contributed by atoms with Crippen LogP contribution in [0.4, 0.5) is 0 Å². The van der Waals surface area contributed by atoms with E-state index in [1.54, 1.807) is 10.6 Å². The molecule has 1 unspecified atom stereocenters. The molecule has 0 aliphatic carbocycles. The van der Waals surface area contributed by atoms with Crippen LogP contribution in [-0.4, -0.2) is 21.0 Å². The van der Waals surface area contributed by atoms with Crippen LogP contribution in [0, 0.1) is 0 Å². The van der Waals surface area contributed by atoms with Crippen LogP contribution in [0.2, 0.25) is 0 Å². The fourth-order valence-corrected chi connectivity index (χ4v) is 3.28. The van der Waals surface area contributed by atoms with Crippen molar-refractivity contribution >= 4 is 28.8 Å². The minimum atomic E-state index is 0. The molecule has 1 fully saturated rings. The molecular formula is C16H18ClN3O. The van der Waals surface area contributed by atoms with E-state index in [0.717, 1.165) is 29.4 Å². The third kappa shape index (κ3) is 2.15. The molecule has 1 saturated heterocycles. The number of piperidine rings is 1. The average Bonchev–Trinajstić information content (AvgIpc) is 2.82. The zero-order valence-corrected chi connectivity index (χ0v) is 12.4. The molecule has 2 N–H and O–H groups in total. The van der Waals surface area contributed by atoms with Crippen LogP contribution in [0.15, 0.2) is 36.7 Å². The number of nitrogens with zero attached hydrogens (tertiary/aromatic N) is 2.